The van der Waals surface area contributed by atoms with Gasteiger partial charge in [-0.3, -0.25) is 9.78 Å². The largest absolute Gasteiger partial charge is 0.504 e. The van der Waals surface area contributed by atoms with E-state index in [9.17, 15) is 14.3 Å². The van der Waals surface area contributed by atoms with Crippen molar-refractivity contribution >= 4 is 34.0 Å². The number of fused-ring (bicyclic) bond motifs is 1. The van der Waals surface area contributed by atoms with Gasteiger partial charge in [0, 0.05) is 30.1 Å². The molecule has 8 heteroatoms. The van der Waals surface area contributed by atoms with Crippen LogP contribution in [0.4, 0.5) is 10.1 Å². The van der Waals surface area contributed by atoms with E-state index >= 15 is 0 Å². The van der Waals surface area contributed by atoms with Crippen LogP contribution in [0.2, 0.25) is 5.02 Å². The first-order valence-electron chi connectivity index (χ1n) is 12.6. The van der Waals surface area contributed by atoms with Crippen molar-refractivity contribution in [2.24, 2.45) is 17.7 Å². The molecule has 36 heavy (non-hydrogen) atoms. The summed E-state index contributed by atoms with van der Waals surface area (Å²) in [5.74, 6) is 5.91. The molecule has 2 saturated carbocycles. The van der Waals surface area contributed by atoms with Crippen molar-refractivity contribution in [3.05, 3.63) is 52.9 Å². The minimum Gasteiger partial charge on any atom is -0.504 e. The van der Waals surface area contributed by atoms with Gasteiger partial charge in [0.25, 0.3) is 0 Å². The molecule has 1 heterocycles. The third-order valence-corrected chi connectivity index (χ3v) is 7.98. The second-order valence-electron chi connectivity index (χ2n) is 10.5. The highest BCUT2D eigenvalue weighted by atomic mass is 35.5. The number of halogens is 2. The number of nitrogens with zero attached hydrogens (tertiary/aromatic N) is 3. The highest BCUT2D eigenvalue weighted by molar-refractivity contribution is 6.32. The van der Waals surface area contributed by atoms with Gasteiger partial charge in [-0.2, -0.15) is 0 Å². The maximum atomic E-state index is 14.2. The van der Waals surface area contributed by atoms with Crippen LogP contribution in [-0.2, 0) is 0 Å². The zero-order valence-corrected chi connectivity index (χ0v) is 21.4. The molecule has 0 aliphatic heterocycles. The summed E-state index contributed by atoms with van der Waals surface area (Å²) >= 11 is 6.04. The van der Waals surface area contributed by atoms with Gasteiger partial charge in [-0.1, -0.05) is 17.7 Å². The number of hydrogen-bond donors (Lipinski definition) is 2. The van der Waals surface area contributed by atoms with E-state index in [1.165, 1.54) is 12.1 Å². The van der Waals surface area contributed by atoms with Crippen molar-refractivity contribution in [2.75, 3.05) is 25.6 Å². The van der Waals surface area contributed by atoms with Crippen LogP contribution in [0.3, 0.4) is 0 Å². The summed E-state index contributed by atoms with van der Waals surface area (Å²) in [6.45, 7) is 0.647. The minimum absolute atomic E-state index is 0.0279. The van der Waals surface area contributed by atoms with Crippen LogP contribution in [-0.4, -0.2) is 47.5 Å². The van der Waals surface area contributed by atoms with Crippen LogP contribution < -0.4 is 10.9 Å². The summed E-state index contributed by atoms with van der Waals surface area (Å²) in [4.78, 5) is 20.1. The summed E-state index contributed by atoms with van der Waals surface area (Å²) in [5.41, 5.74) is 3.15. The maximum absolute atomic E-state index is 14.2. The fourth-order valence-corrected chi connectivity index (χ4v) is 5.57. The van der Waals surface area contributed by atoms with Crippen molar-refractivity contribution in [1.29, 1.82) is 0 Å². The lowest BCUT2D eigenvalue weighted by Gasteiger charge is -2.35. The molecule has 2 aliphatic carbocycles. The number of carbonyl (C=O) groups excluding carboxylic acids is 1. The lowest BCUT2D eigenvalue weighted by Crippen LogP contribution is -2.40. The normalized spacial score (nSPS) is 20.2. The molecule has 0 bridgehead atoms. The van der Waals surface area contributed by atoms with Crippen molar-refractivity contribution in [2.45, 2.75) is 44.6 Å². The smallest absolute Gasteiger partial charge is 0.170 e. The Hall–Kier alpha value is -2.74. The topological polar surface area (TPSA) is 82.7 Å². The van der Waals surface area contributed by atoms with E-state index in [1.807, 2.05) is 18.2 Å². The van der Waals surface area contributed by atoms with E-state index < -0.39 is 11.6 Å². The van der Waals surface area contributed by atoms with Crippen LogP contribution >= 0.6 is 11.6 Å². The van der Waals surface area contributed by atoms with Crippen molar-refractivity contribution < 1.29 is 14.3 Å². The molecule has 0 radical (unpaired) electrons. The number of ketones is 1. The lowest BCUT2D eigenvalue weighted by atomic mass is 9.85. The number of nitrogens with two attached hydrogens (primary N) is 1. The molecule has 3 N–H and O–H groups in total. The van der Waals surface area contributed by atoms with Gasteiger partial charge in [0.15, 0.2) is 17.3 Å². The highest BCUT2D eigenvalue weighted by Gasteiger charge is 2.34. The number of anilines is 1. The average molecular weight is 511 g/mol. The predicted octanol–water partition coefficient (Wildman–Crippen LogP) is 5.79. The SMILES string of the molecule is CN(C)C1CCC(CN(N)c2c(C(=O)C3CC3)cnc3ccc(-c4cc(F)c(O)c(Cl)c4)cc23)CC1. The molecule has 0 amide bonds. The molecule has 2 fully saturated rings. The summed E-state index contributed by atoms with van der Waals surface area (Å²) in [5, 5.41) is 12.2. The number of hydrogen-bond acceptors (Lipinski definition) is 6. The van der Waals surface area contributed by atoms with Gasteiger partial charge in [-0.05, 0) is 93.9 Å². The number of benzene rings is 2. The summed E-state index contributed by atoms with van der Waals surface area (Å²) in [6, 6.07) is 8.92. The van der Waals surface area contributed by atoms with Crippen LogP contribution in [0.25, 0.3) is 22.0 Å². The standard InChI is InChI=1S/C28H32ClFN4O2/c1-33(2)20-8-3-16(4-9-20)15-34(31)26-21-11-18(19-12-23(29)28(36)24(30)13-19)7-10-25(21)32-14-22(26)27(35)17-5-6-17/h7,10-14,16-17,20,36H,3-6,8-9,15,31H2,1-2H3. The Kier molecular flexibility index (Phi) is 6.90. The van der Waals surface area contributed by atoms with E-state index in [1.54, 1.807) is 11.2 Å². The van der Waals surface area contributed by atoms with Gasteiger partial charge in [0.05, 0.1) is 21.8 Å². The molecular weight excluding hydrogens is 479 g/mol. The fraction of sp³-hybridized carbons (Fsp3) is 0.429. The van der Waals surface area contributed by atoms with E-state index in [0.717, 1.165) is 43.9 Å². The number of carbonyl (C=O) groups is 1. The second-order valence-corrected chi connectivity index (χ2v) is 10.9. The van der Waals surface area contributed by atoms with Gasteiger partial charge < -0.3 is 15.0 Å². The number of rotatable bonds is 7. The predicted molar refractivity (Wildman–Crippen MR) is 142 cm³/mol. The molecule has 2 aromatic carbocycles. The number of aromatic hydroxyl groups is 1. The first-order valence-corrected chi connectivity index (χ1v) is 12.9. The summed E-state index contributed by atoms with van der Waals surface area (Å²) < 4.78 is 14.2. The molecule has 2 aliphatic rings. The van der Waals surface area contributed by atoms with Gasteiger partial charge in [-0.25, -0.2) is 10.2 Å². The number of Topliss-reactive ketones (excluding diaryl/α,β-unsaturated/α-hetero) is 1. The molecule has 0 saturated heterocycles. The van der Waals surface area contributed by atoms with Crippen LogP contribution in [0.1, 0.15) is 48.9 Å². The molecule has 0 atom stereocenters. The molecule has 5 rings (SSSR count). The Morgan fingerprint density at radius 2 is 1.83 bits per heavy atom. The van der Waals surface area contributed by atoms with Crippen LogP contribution in [0.15, 0.2) is 36.5 Å². The minimum atomic E-state index is -0.789. The van der Waals surface area contributed by atoms with E-state index in [-0.39, 0.29) is 16.7 Å². The van der Waals surface area contributed by atoms with Crippen LogP contribution in [0, 0.1) is 17.7 Å². The van der Waals surface area contributed by atoms with Crippen molar-refractivity contribution in [3.63, 3.8) is 0 Å². The average Bonchev–Trinajstić information content (AvgIpc) is 3.71. The Labute approximate surface area is 215 Å². The third-order valence-electron chi connectivity index (χ3n) is 7.69. The Morgan fingerprint density at radius 1 is 1.11 bits per heavy atom. The van der Waals surface area contributed by atoms with Crippen LogP contribution in [0.5, 0.6) is 5.75 Å². The fourth-order valence-electron chi connectivity index (χ4n) is 5.36. The number of phenols is 1. The molecule has 6 nitrogen and oxygen atoms in total. The highest BCUT2D eigenvalue weighted by Crippen LogP contribution is 2.40. The monoisotopic (exact) mass is 510 g/mol. The number of aromatic nitrogens is 1. The van der Waals surface area contributed by atoms with Crippen molar-refractivity contribution in [3.8, 4) is 16.9 Å². The molecule has 0 unspecified atom stereocenters. The van der Waals surface area contributed by atoms with Crippen molar-refractivity contribution in [1.82, 2.24) is 9.88 Å². The third kappa shape index (κ3) is 4.92. The van der Waals surface area contributed by atoms with E-state index in [4.69, 9.17) is 17.4 Å². The first-order chi connectivity index (χ1) is 17.2. The van der Waals surface area contributed by atoms with Gasteiger partial charge in [-0.15, -0.1) is 0 Å². The first kappa shape index (κ1) is 24.9. The Bertz CT molecular complexity index is 1280. The van der Waals surface area contributed by atoms with E-state index in [2.05, 4.69) is 24.0 Å². The number of pyridine rings is 1. The summed E-state index contributed by atoms with van der Waals surface area (Å²) in [6.07, 6.45) is 7.87. The Morgan fingerprint density at radius 3 is 2.47 bits per heavy atom. The summed E-state index contributed by atoms with van der Waals surface area (Å²) in [7, 11) is 4.26. The Balaban J connectivity index is 1.54. The maximum Gasteiger partial charge on any atom is 0.170 e. The molecule has 1 aromatic heterocycles. The van der Waals surface area contributed by atoms with Gasteiger partial charge >= 0.3 is 0 Å². The zero-order chi connectivity index (χ0) is 25.6. The zero-order valence-electron chi connectivity index (χ0n) is 20.7. The van der Waals surface area contributed by atoms with Gasteiger partial charge in [0.1, 0.15) is 0 Å². The second kappa shape index (κ2) is 9.96. The quantitative estimate of drug-likeness (QED) is 0.238. The number of phenolic OH excluding ortho intramolecular Hbond substituents is 1. The van der Waals surface area contributed by atoms with E-state index in [0.29, 0.717) is 46.4 Å². The molecule has 0 spiro atoms. The van der Waals surface area contributed by atoms with Gasteiger partial charge in [0.2, 0.25) is 0 Å². The number of hydrazine groups is 1. The molecule has 3 aromatic rings. The lowest BCUT2D eigenvalue weighted by molar-refractivity contribution is 0.0967. The molecular formula is C28H32ClFN4O2. The molecule has 190 valence electrons.